The van der Waals surface area contributed by atoms with Gasteiger partial charge in [-0.2, -0.15) is 17.2 Å². The summed E-state index contributed by atoms with van der Waals surface area (Å²) in [7, 11) is -4.98. The fourth-order valence-corrected chi connectivity index (χ4v) is 2.19. The van der Waals surface area contributed by atoms with Crippen LogP contribution in [0, 0.1) is 5.41 Å². The third kappa shape index (κ3) is 3.49. The summed E-state index contributed by atoms with van der Waals surface area (Å²) in [5, 5.41) is -4.04. The molecule has 0 atom stereocenters. The molecule has 1 aromatic rings. The molecule has 0 aliphatic heterocycles. The molecular formula is C12H16F2O3S. The van der Waals surface area contributed by atoms with Gasteiger partial charge in [0.1, 0.15) is 0 Å². The van der Waals surface area contributed by atoms with Crippen molar-refractivity contribution in [1.82, 2.24) is 0 Å². The molecule has 0 bridgehead atoms. The third-order valence-electron chi connectivity index (χ3n) is 2.07. The number of halogens is 2. The molecule has 6 heteroatoms. The van der Waals surface area contributed by atoms with Crippen LogP contribution in [0.15, 0.2) is 30.3 Å². The first-order valence-corrected chi connectivity index (χ1v) is 6.79. The van der Waals surface area contributed by atoms with Crippen molar-refractivity contribution in [2.24, 2.45) is 5.41 Å². The van der Waals surface area contributed by atoms with E-state index in [0.29, 0.717) is 0 Å². The van der Waals surface area contributed by atoms with Crippen LogP contribution in [0.1, 0.15) is 26.3 Å². The van der Waals surface area contributed by atoms with E-state index in [4.69, 9.17) is 0 Å². The molecule has 3 nitrogen and oxygen atoms in total. The highest BCUT2D eigenvalue weighted by Gasteiger charge is 2.48. The Balaban J connectivity index is 2.97. The zero-order valence-electron chi connectivity index (χ0n) is 10.5. The van der Waals surface area contributed by atoms with E-state index in [1.165, 1.54) is 18.2 Å². The van der Waals surface area contributed by atoms with Crippen LogP contribution in [-0.2, 0) is 19.6 Å². The first-order chi connectivity index (χ1) is 8.06. The van der Waals surface area contributed by atoms with Gasteiger partial charge < -0.3 is 0 Å². The van der Waals surface area contributed by atoms with Gasteiger partial charge in [0, 0.05) is 5.56 Å². The summed E-state index contributed by atoms with van der Waals surface area (Å²) in [6, 6.07) is 6.34. The smallest absolute Gasteiger partial charge is 0.265 e. The summed E-state index contributed by atoms with van der Waals surface area (Å²) in [5.41, 5.74) is -1.11. The standard InChI is InChI=1S/C12H16F2O3S/c1-11(2,3)9-17-18(15,16)12(13,14)10-7-5-4-6-8-10/h4-8H,9H2,1-3H3. The first kappa shape index (κ1) is 15.0. The van der Waals surface area contributed by atoms with Crippen molar-refractivity contribution in [1.29, 1.82) is 0 Å². The summed E-state index contributed by atoms with van der Waals surface area (Å²) in [5.74, 6) is 0. The predicted molar refractivity (Wildman–Crippen MR) is 64.7 cm³/mol. The molecule has 18 heavy (non-hydrogen) atoms. The second-order valence-corrected chi connectivity index (χ2v) is 6.82. The van der Waals surface area contributed by atoms with E-state index >= 15 is 0 Å². The molecule has 0 heterocycles. The Labute approximate surface area is 106 Å². The summed E-state index contributed by atoms with van der Waals surface area (Å²) < 4.78 is 55.1. The van der Waals surface area contributed by atoms with Gasteiger partial charge in [0.05, 0.1) is 6.61 Å². The summed E-state index contributed by atoms with van der Waals surface area (Å²) >= 11 is 0. The molecule has 0 radical (unpaired) electrons. The van der Waals surface area contributed by atoms with E-state index in [2.05, 4.69) is 4.18 Å². The average Bonchev–Trinajstić information content (AvgIpc) is 2.27. The highest BCUT2D eigenvalue weighted by molar-refractivity contribution is 7.87. The predicted octanol–water partition coefficient (Wildman–Crippen LogP) is 3.13. The van der Waals surface area contributed by atoms with Gasteiger partial charge >= 0.3 is 15.4 Å². The van der Waals surface area contributed by atoms with Crippen molar-refractivity contribution in [3.05, 3.63) is 35.9 Å². The van der Waals surface area contributed by atoms with Gasteiger partial charge in [0.25, 0.3) is 0 Å². The van der Waals surface area contributed by atoms with Crippen LogP contribution in [0.2, 0.25) is 0 Å². The van der Waals surface area contributed by atoms with Crippen LogP contribution in [0.25, 0.3) is 0 Å². The monoisotopic (exact) mass is 278 g/mol. The molecule has 1 rings (SSSR count). The Morgan fingerprint density at radius 2 is 1.61 bits per heavy atom. The molecule has 1 aromatic carbocycles. The third-order valence-corrected chi connectivity index (χ3v) is 3.36. The quantitative estimate of drug-likeness (QED) is 0.795. The second kappa shape index (κ2) is 4.93. The van der Waals surface area contributed by atoms with E-state index < -0.39 is 26.4 Å². The zero-order chi connectivity index (χ0) is 14.0. The van der Waals surface area contributed by atoms with Crippen molar-refractivity contribution in [2.45, 2.75) is 26.0 Å². The molecule has 102 valence electrons. The number of hydrogen-bond acceptors (Lipinski definition) is 3. The molecule has 0 unspecified atom stereocenters. The van der Waals surface area contributed by atoms with Crippen LogP contribution in [0.5, 0.6) is 0 Å². The first-order valence-electron chi connectivity index (χ1n) is 5.39. The fraction of sp³-hybridized carbons (Fsp3) is 0.500. The maximum Gasteiger partial charge on any atom is 0.395 e. The Morgan fingerprint density at radius 1 is 1.11 bits per heavy atom. The SMILES string of the molecule is CC(C)(C)COS(=O)(=O)C(F)(F)c1ccccc1. The molecule has 0 spiro atoms. The van der Waals surface area contributed by atoms with Crippen molar-refractivity contribution in [2.75, 3.05) is 6.61 Å². The van der Waals surface area contributed by atoms with Crippen molar-refractivity contribution >= 4 is 10.1 Å². The molecule has 0 aliphatic carbocycles. The Kier molecular flexibility index (Phi) is 4.12. The lowest BCUT2D eigenvalue weighted by atomic mass is 9.99. The van der Waals surface area contributed by atoms with Crippen molar-refractivity contribution in [3.8, 4) is 0 Å². The number of alkyl halides is 2. The minimum atomic E-state index is -4.98. The van der Waals surface area contributed by atoms with Crippen LogP contribution < -0.4 is 0 Å². The molecular weight excluding hydrogens is 262 g/mol. The van der Waals surface area contributed by atoms with Crippen LogP contribution in [-0.4, -0.2) is 15.0 Å². The van der Waals surface area contributed by atoms with Crippen LogP contribution in [0.3, 0.4) is 0 Å². The topological polar surface area (TPSA) is 43.4 Å². The van der Waals surface area contributed by atoms with E-state index in [-0.39, 0.29) is 6.61 Å². The fourth-order valence-electron chi connectivity index (χ4n) is 1.10. The normalized spacial score (nSPS) is 13.6. The van der Waals surface area contributed by atoms with Gasteiger partial charge in [-0.15, -0.1) is 0 Å². The Hall–Kier alpha value is -1.01. The summed E-state index contributed by atoms with van der Waals surface area (Å²) in [6.45, 7) is 4.80. The number of hydrogen-bond donors (Lipinski definition) is 0. The number of rotatable bonds is 4. The molecule has 0 aromatic heterocycles. The van der Waals surface area contributed by atoms with Gasteiger partial charge in [-0.3, -0.25) is 4.18 Å². The molecule has 0 fully saturated rings. The average molecular weight is 278 g/mol. The van der Waals surface area contributed by atoms with Gasteiger partial charge in [-0.25, -0.2) is 0 Å². The Bertz CT molecular complexity index is 490. The minimum Gasteiger partial charge on any atom is -0.265 e. The van der Waals surface area contributed by atoms with Crippen molar-refractivity contribution in [3.63, 3.8) is 0 Å². The largest absolute Gasteiger partial charge is 0.395 e. The van der Waals surface area contributed by atoms with E-state index in [0.717, 1.165) is 12.1 Å². The maximum absolute atomic E-state index is 13.8. The Morgan fingerprint density at radius 3 is 2.06 bits per heavy atom. The van der Waals surface area contributed by atoms with Crippen molar-refractivity contribution < 1.29 is 21.4 Å². The summed E-state index contributed by atoms with van der Waals surface area (Å²) in [6.07, 6.45) is 0. The maximum atomic E-state index is 13.8. The van der Waals surface area contributed by atoms with Gasteiger partial charge in [0.2, 0.25) is 0 Å². The lowest BCUT2D eigenvalue weighted by Gasteiger charge is -2.21. The van der Waals surface area contributed by atoms with Gasteiger partial charge in [0.15, 0.2) is 0 Å². The molecule has 0 saturated heterocycles. The van der Waals surface area contributed by atoms with E-state index in [1.807, 2.05) is 0 Å². The number of benzene rings is 1. The molecule has 0 saturated carbocycles. The van der Waals surface area contributed by atoms with Crippen LogP contribution in [0.4, 0.5) is 8.78 Å². The lowest BCUT2D eigenvalue weighted by Crippen LogP contribution is -2.31. The van der Waals surface area contributed by atoms with E-state index in [9.17, 15) is 17.2 Å². The second-order valence-electron chi connectivity index (χ2n) is 5.16. The van der Waals surface area contributed by atoms with Gasteiger partial charge in [-0.05, 0) is 5.41 Å². The molecule has 0 amide bonds. The zero-order valence-corrected chi connectivity index (χ0v) is 11.3. The minimum absolute atomic E-state index is 0.294. The van der Waals surface area contributed by atoms with E-state index in [1.54, 1.807) is 20.8 Å². The molecule has 0 N–H and O–H groups in total. The highest BCUT2D eigenvalue weighted by atomic mass is 32.2. The highest BCUT2D eigenvalue weighted by Crippen LogP contribution is 2.35. The lowest BCUT2D eigenvalue weighted by molar-refractivity contribution is 0.0644. The van der Waals surface area contributed by atoms with Gasteiger partial charge in [-0.1, -0.05) is 51.1 Å². The summed E-state index contributed by atoms with van der Waals surface area (Å²) in [4.78, 5) is 0. The molecule has 0 aliphatic rings. The van der Waals surface area contributed by atoms with Crippen LogP contribution >= 0.6 is 0 Å².